The lowest BCUT2D eigenvalue weighted by Gasteiger charge is -2.21. The maximum atomic E-state index is 11.9. The Bertz CT molecular complexity index is 953. The maximum Gasteiger partial charge on any atom is 0.370 e. The zero-order valence-corrected chi connectivity index (χ0v) is 20.5. The number of aryl methyl sites for hydroxylation is 2. The fourth-order valence-corrected chi connectivity index (χ4v) is 3.54. The number of hydrogen-bond acceptors (Lipinski definition) is 6. The van der Waals surface area contributed by atoms with Gasteiger partial charge in [0.15, 0.2) is 5.76 Å². The van der Waals surface area contributed by atoms with E-state index < -0.39 is 6.29 Å². The van der Waals surface area contributed by atoms with E-state index in [9.17, 15) is 4.79 Å². The van der Waals surface area contributed by atoms with E-state index in [-0.39, 0.29) is 10.7 Å². The summed E-state index contributed by atoms with van der Waals surface area (Å²) >= 11 is 1.11. The average Bonchev–Trinajstić information content (AvgIpc) is 3.02. The van der Waals surface area contributed by atoms with Crippen molar-refractivity contribution in [3.05, 3.63) is 52.8 Å². The molecule has 0 radical (unpaired) electrons. The lowest BCUT2D eigenvalue weighted by Crippen LogP contribution is -2.17. The molecular weight excluding hydrogens is 410 g/mol. The molecule has 0 bridgehead atoms. The predicted molar refractivity (Wildman–Crippen MR) is 129 cm³/mol. The first-order valence-corrected chi connectivity index (χ1v) is 11.3. The number of carbonyl (C=O) groups excluding carboxylic acids is 1. The van der Waals surface area contributed by atoms with Crippen LogP contribution in [0.15, 0.2) is 35.3 Å². The molecule has 7 heteroatoms. The van der Waals surface area contributed by atoms with Crippen molar-refractivity contribution in [3.8, 4) is 0 Å². The fourth-order valence-electron chi connectivity index (χ4n) is 3.11. The normalized spacial score (nSPS) is 13.8. The topological polar surface area (TPSA) is 65.7 Å². The van der Waals surface area contributed by atoms with Gasteiger partial charge in [-0.25, -0.2) is 4.79 Å². The number of allylic oxidation sites excluding steroid dienone is 1. The Labute approximate surface area is 189 Å². The summed E-state index contributed by atoms with van der Waals surface area (Å²) in [6, 6.07) is 10.3. The maximum absolute atomic E-state index is 11.9. The Morgan fingerprint density at radius 1 is 1.26 bits per heavy atom. The van der Waals surface area contributed by atoms with E-state index in [1.165, 1.54) is 5.56 Å². The Balaban J connectivity index is 2.57. The molecule has 168 valence electrons. The zero-order chi connectivity index (χ0) is 23.2. The Hall–Kier alpha value is -2.54. The van der Waals surface area contributed by atoms with Gasteiger partial charge in [-0.3, -0.25) is 9.67 Å². The molecule has 1 atom stereocenters. The molecule has 0 aliphatic heterocycles. The summed E-state index contributed by atoms with van der Waals surface area (Å²) in [5.74, 6) is 1.20. The van der Waals surface area contributed by atoms with Crippen molar-refractivity contribution in [1.82, 2.24) is 9.78 Å². The second-order valence-corrected chi connectivity index (χ2v) is 9.44. The first-order chi connectivity index (χ1) is 14.6. The number of benzene rings is 1. The van der Waals surface area contributed by atoms with Crippen LogP contribution in [0.1, 0.15) is 57.1 Å². The van der Waals surface area contributed by atoms with Crippen LogP contribution in [0.5, 0.6) is 0 Å². The van der Waals surface area contributed by atoms with Gasteiger partial charge in [0.2, 0.25) is 6.29 Å². The van der Waals surface area contributed by atoms with Gasteiger partial charge in [-0.2, -0.15) is 5.10 Å². The molecule has 0 aliphatic rings. The first kappa shape index (κ1) is 24.7. The van der Waals surface area contributed by atoms with Gasteiger partial charge in [-0.05, 0) is 41.3 Å². The largest absolute Gasteiger partial charge is 0.452 e. The van der Waals surface area contributed by atoms with Crippen LogP contribution in [0, 0.1) is 6.92 Å². The number of aromatic nitrogens is 2. The summed E-state index contributed by atoms with van der Waals surface area (Å²) in [5, 5.41) is 4.09. The lowest BCUT2D eigenvalue weighted by atomic mass is 9.86. The molecule has 2 rings (SSSR count). The van der Waals surface area contributed by atoms with E-state index in [0.29, 0.717) is 11.5 Å². The van der Waals surface area contributed by atoms with Crippen LogP contribution in [-0.4, -0.2) is 40.4 Å². The minimum absolute atomic E-state index is 0.0550. The number of aliphatic imine (C=N–C) groups is 1. The van der Waals surface area contributed by atoms with Gasteiger partial charge >= 0.3 is 5.30 Å². The third kappa shape index (κ3) is 6.72. The molecule has 0 fully saturated rings. The van der Waals surface area contributed by atoms with E-state index in [1.807, 2.05) is 27.0 Å². The summed E-state index contributed by atoms with van der Waals surface area (Å²) in [4.78, 5) is 16.2. The smallest absolute Gasteiger partial charge is 0.370 e. The molecule has 1 heterocycles. The van der Waals surface area contributed by atoms with Gasteiger partial charge in [0, 0.05) is 38.6 Å². The number of thioether (sulfide) groups is 1. The summed E-state index contributed by atoms with van der Waals surface area (Å²) in [6.45, 7) is 12.1. The molecule has 0 saturated heterocycles. The monoisotopic (exact) mass is 443 g/mol. The van der Waals surface area contributed by atoms with Gasteiger partial charge in [0.25, 0.3) is 0 Å². The first-order valence-electron chi connectivity index (χ1n) is 10.3. The third-order valence-electron chi connectivity index (χ3n) is 4.61. The number of carbonyl (C=O) groups is 1. The van der Waals surface area contributed by atoms with Gasteiger partial charge < -0.3 is 9.47 Å². The summed E-state index contributed by atoms with van der Waals surface area (Å²) < 4.78 is 13.4. The van der Waals surface area contributed by atoms with Crippen LogP contribution in [0.2, 0.25) is 0 Å². The highest BCUT2D eigenvalue weighted by Gasteiger charge is 2.21. The third-order valence-corrected chi connectivity index (χ3v) is 5.23. The van der Waals surface area contributed by atoms with E-state index in [1.54, 1.807) is 24.9 Å². The van der Waals surface area contributed by atoms with Crippen LogP contribution in [0.25, 0.3) is 11.3 Å². The number of ether oxygens (including phenoxy) is 2. The fraction of sp³-hybridized carbons (Fsp3) is 0.458. The van der Waals surface area contributed by atoms with E-state index in [4.69, 9.17) is 9.47 Å². The van der Waals surface area contributed by atoms with Crippen molar-refractivity contribution >= 4 is 34.6 Å². The molecule has 1 aromatic heterocycles. The highest BCUT2D eigenvalue weighted by atomic mass is 32.2. The molecule has 6 nitrogen and oxygen atoms in total. The quantitative estimate of drug-likeness (QED) is 0.232. The average molecular weight is 444 g/mol. The van der Waals surface area contributed by atoms with Crippen LogP contribution in [0.3, 0.4) is 0 Å². The molecule has 0 aliphatic carbocycles. The molecular formula is C24H33N3O3S. The highest BCUT2D eigenvalue weighted by molar-refractivity contribution is 8.13. The van der Waals surface area contributed by atoms with Crippen LogP contribution >= 0.6 is 11.8 Å². The van der Waals surface area contributed by atoms with Gasteiger partial charge in [0.05, 0.1) is 5.69 Å². The summed E-state index contributed by atoms with van der Waals surface area (Å²) in [5.41, 5.74) is 4.67. The van der Waals surface area contributed by atoms with Crippen LogP contribution in [0.4, 0.5) is 4.79 Å². The second kappa shape index (κ2) is 10.7. The second-order valence-electron chi connectivity index (χ2n) is 8.24. The van der Waals surface area contributed by atoms with Gasteiger partial charge in [-0.1, -0.05) is 52.0 Å². The van der Waals surface area contributed by atoms with Gasteiger partial charge in [-0.15, -0.1) is 0 Å². The summed E-state index contributed by atoms with van der Waals surface area (Å²) in [6.07, 6.45) is 0.991. The van der Waals surface area contributed by atoms with Gasteiger partial charge in [0.1, 0.15) is 5.69 Å². The van der Waals surface area contributed by atoms with Crippen molar-refractivity contribution in [1.29, 1.82) is 0 Å². The molecule has 0 amide bonds. The van der Waals surface area contributed by atoms with Crippen molar-refractivity contribution in [2.75, 3.05) is 12.8 Å². The number of hydrogen-bond donors (Lipinski definition) is 0. The van der Waals surface area contributed by atoms with Crippen molar-refractivity contribution < 1.29 is 14.3 Å². The predicted octanol–water partition coefficient (Wildman–Crippen LogP) is 5.85. The SMILES string of the molecule is CCSC(=O)OC(C)O/C(=C(/C=N\C)c1ccc(C(C)(C)C)cc1)c1cc(C)nn1C. The molecule has 0 N–H and O–H groups in total. The lowest BCUT2D eigenvalue weighted by molar-refractivity contribution is -0.0253. The summed E-state index contributed by atoms with van der Waals surface area (Å²) in [7, 11) is 3.58. The molecule has 1 aromatic carbocycles. The molecule has 31 heavy (non-hydrogen) atoms. The van der Waals surface area contributed by atoms with E-state index in [2.05, 4.69) is 55.1 Å². The van der Waals surface area contributed by atoms with Crippen LogP contribution < -0.4 is 0 Å². The van der Waals surface area contributed by atoms with Crippen molar-refractivity contribution in [2.24, 2.45) is 12.0 Å². The number of rotatable bonds is 7. The molecule has 1 unspecified atom stereocenters. The van der Waals surface area contributed by atoms with E-state index >= 15 is 0 Å². The minimum atomic E-state index is -0.772. The van der Waals surface area contributed by atoms with Crippen LogP contribution in [-0.2, 0) is 21.9 Å². The van der Waals surface area contributed by atoms with Crippen molar-refractivity contribution in [2.45, 2.75) is 53.2 Å². The minimum Gasteiger partial charge on any atom is -0.452 e. The molecule has 0 saturated carbocycles. The Kier molecular flexibility index (Phi) is 8.51. The standard InChI is InChI=1S/C24H33N3O3S/c1-9-31-23(28)30-17(3)29-22(21-14-16(2)26-27(21)8)20(15-25-7)18-10-12-19(13-11-18)24(4,5)6/h10-15,17H,9H2,1-8H3/b22-20-,25-15-. The molecule has 0 spiro atoms. The van der Waals surface area contributed by atoms with Crippen molar-refractivity contribution in [3.63, 3.8) is 0 Å². The molecule has 2 aromatic rings. The van der Waals surface area contributed by atoms with E-state index in [0.717, 1.165) is 34.3 Å². The Morgan fingerprint density at radius 3 is 2.39 bits per heavy atom. The number of nitrogens with zero attached hydrogens (tertiary/aromatic N) is 3. The zero-order valence-electron chi connectivity index (χ0n) is 19.7. The Morgan fingerprint density at radius 2 is 1.90 bits per heavy atom. The highest BCUT2D eigenvalue weighted by Crippen LogP contribution is 2.30.